The van der Waals surface area contributed by atoms with E-state index >= 15 is 0 Å². The second-order valence-corrected chi connectivity index (χ2v) is 6.86. The molecule has 2 N–H and O–H groups in total. The Bertz CT molecular complexity index is 847. The van der Waals surface area contributed by atoms with Crippen LogP contribution in [0.3, 0.4) is 0 Å². The number of aromatic carboxylic acids is 1. The highest BCUT2D eigenvalue weighted by Crippen LogP contribution is 2.28. The number of aryl methyl sites for hydroxylation is 1. The van der Waals surface area contributed by atoms with Crippen LogP contribution in [-0.4, -0.2) is 35.7 Å². The topological polar surface area (TPSA) is 97.8 Å². The maximum Gasteiger partial charge on any atom is 0.347 e. The van der Waals surface area contributed by atoms with E-state index in [-0.39, 0.29) is 17.4 Å². The van der Waals surface area contributed by atoms with Gasteiger partial charge in [0.2, 0.25) is 0 Å². The van der Waals surface area contributed by atoms with Crippen molar-refractivity contribution in [1.29, 1.82) is 0 Å². The lowest BCUT2D eigenvalue weighted by Gasteiger charge is -2.14. The minimum absolute atomic E-state index is 0.173. The molecule has 0 aliphatic carbocycles. The molecule has 0 aliphatic heterocycles. The van der Waals surface area contributed by atoms with Crippen molar-refractivity contribution in [2.24, 2.45) is 0 Å². The zero-order valence-electron chi connectivity index (χ0n) is 15.4. The van der Waals surface area contributed by atoms with Crippen molar-refractivity contribution in [2.75, 3.05) is 13.7 Å². The second kappa shape index (κ2) is 9.18. The molecule has 2 rings (SSSR count). The molecule has 1 amide bonds. The number of methoxy groups -OCH3 is 1. The number of carboxylic acid groups (broad SMARTS) is 1. The number of nitrogens with zero attached hydrogens (tertiary/aromatic N) is 1. The lowest BCUT2D eigenvalue weighted by atomic mass is 10.1. The molecule has 0 radical (unpaired) electrons. The summed E-state index contributed by atoms with van der Waals surface area (Å²) in [6, 6.07) is 5.04. The van der Waals surface area contributed by atoms with Gasteiger partial charge in [0.05, 0.1) is 18.8 Å². The smallest absolute Gasteiger partial charge is 0.347 e. The Morgan fingerprint density at radius 1 is 1.41 bits per heavy atom. The van der Waals surface area contributed by atoms with Gasteiger partial charge in [0.15, 0.2) is 18.1 Å². The van der Waals surface area contributed by atoms with E-state index in [2.05, 4.69) is 16.9 Å². The summed E-state index contributed by atoms with van der Waals surface area (Å²) in [6.07, 6.45) is 2.50. The van der Waals surface area contributed by atoms with Crippen LogP contribution in [0.1, 0.15) is 38.9 Å². The first-order chi connectivity index (χ1) is 12.8. The fourth-order valence-corrected chi connectivity index (χ4v) is 3.32. The monoisotopic (exact) mass is 390 g/mol. The number of aromatic nitrogens is 1. The molecule has 1 atom stereocenters. The standard InChI is InChI=1S/C19H22N2O5S/c1-5-6-13-7-8-14(15(9-13)25-4)26-10-16(22)20-12(3)18-21-11(2)17(27-18)19(23)24/h5,7-9,12H,1,6,10H2,2-4H3,(H,20,22)(H,23,24). The van der Waals surface area contributed by atoms with Crippen molar-refractivity contribution in [3.63, 3.8) is 0 Å². The zero-order valence-corrected chi connectivity index (χ0v) is 16.3. The van der Waals surface area contributed by atoms with Crippen molar-refractivity contribution in [3.05, 3.63) is 52.0 Å². The number of hydrogen-bond acceptors (Lipinski definition) is 6. The molecule has 8 heteroatoms. The summed E-state index contributed by atoms with van der Waals surface area (Å²) in [6.45, 7) is 6.87. The average molecular weight is 390 g/mol. The summed E-state index contributed by atoms with van der Waals surface area (Å²) in [5.41, 5.74) is 1.46. The lowest BCUT2D eigenvalue weighted by Crippen LogP contribution is -2.31. The Hall–Kier alpha value is -2.87. The Morgan fingerprint density at radius 2 is 2.15 bits per heavy atom. The fourth-order valence-electron chi connectivity index (χ4n) is 2.41. The molecule has 144 valence electrons. The molecule has 1 heterocycles. The zero-order chi connectivity index (χ0) is 20.0. The predicted molar refractivity (Wildman–Crippen MR) is 103 cm³/mol. The summed E-state index contributed by atoms with van der Waals surface area (Å²) < 4.78 is 10.9. The Labute approximate surface area is 161 Å². The van der Waals surface area contributed by atoms with Crippen LogP contribution in [0.25, 0.3) is 0 Å². The number of allylic oxidation sites excluding steroid dienone is 1. The third-order valence-electron chi connectivity index (χ3n) is 3.72. The third kappa shape index (κ3) is 5.30. The fraction of sp³-hybridized carbons (Fsp3) is 0.316. The molecule has 1 aromatic heterocycles. The van der Waals surface area contributed by atoms with Gasteiger partial charge in [-0.05, 0) is 38.0 Å². The second-order valence-electron chi connectivity index (χ2n) is 5.83. The summed E-state index contributed by atoms with van der Waals surface area (Å²) in [5.74, 6) is -0.363. The Balaban J connectivity index is 1.97. The molecule has 0 saturated heterocycles. The van der Waals surface area contributed by atoms with Gasteiger partial charge in [-0.2, -0.15) is 0 Å². The van der Waals surface area contributed by atoms with Crippen LogP contribution in [-0.2, 0) is 11.2 Å². The van der Waals surface area contributed by atoms with Crippen LogP contribution < -0.4 is 14.8 Å². The average Bonchev–Trinajstić information content (AvgIpc) is 3.03. The molecule has 0 aliphatic rings. The molecule has 0 bridgehead atoms. The van der Waals surface area contributed by atoms with Gasteiger partial charge in [0.1, 0.15) is 9.88 Å². The van der Waals surface area contributed by atoms with Crippen LogP contribution in [0.2, 0.25) is 0 Å². The van der Waals surface area contributed by atoms with E-state index in [1.807, 2.05) is 12.1 Å². The quantitative estimate of drug-likeness (QED) is 0.639. The molecule has 0 fully saturated rings. The van der Waals surface area contributed by atoms with Gasteiger partial charge in [-0.25, -0.2) is 9.78 Å². The molecule has 2 aromatic rings. The number of rotatable bonds is 9. The van der Waals surface area contributed by atoms with Gasteiger partial charge >= 0.3 is 5.97 Å². The lowest BCUT2D eigenvalue weighted by molar-refractivity contribution is -0.123. The van der Waals surface area contributed by atoms with E-state index in [1.54, 1.807) is 26.0 Å². The minimum Gasteiger partial charge on any atom is -0.493 e. The van der Waals surface area contributed by atoms with E-state index in [4.69, 9.17) is 14.6 Å². The summed E-state index contributed by atoms with van der Waals surface area (Å²) in [7, 11) is 1.53. The van der Waals surface area contributed by atoms with Crippen LogP contribution in [0.5, 0.6) is 11.5 Å². The summed E-state index contributed by atoms with van der Waals surface area (Å²) in [4.78, 5) is 27.7. The van der Waals surface area contributed by atoms with Crippen molar-refractivity contribution in [3.8, 4) is 11.5 Å². The summed E-state index contributed by atoms with van der Waals surface area (Å²) >= 11 is 1.05. The highest BCUT2D eigenvalue weighted by Gasteiger charge is 2.19. The van der Waals surface area contributed by atoms with Crippen LogP contribution in [0.4, 0.5) is 0 Å². The molecule has 1 aromatic carbocycles. The van der Waals surface area contributed by atoms with Crippen LogP contribution in [0, 0.1) is 6.92 Å². The van der Waals surface area contributed by atoms with Gasteiger partial charge in [0, 0.05) is 0 Å². The number of carboxylic acids is 1. The van der Waals surface area contributed by atoms with E-state index in [0.29, 0.717) is 28.6 Å². The molecule has 1 unspecified atom stereocenters. The van der Waals surface area contributed by atoms with Crippen molar-refractivity contribution < 1.29 is 24.2 Å². The van der Waals surface area contributed by atoms with Crippen molar-refractivity contribution >= 4 is 23.2 Å². The van der Waals surface area contributed by atoms with E-state index in [0.717, 1.165) is 16.9 Å². The molecular weight excluding hydrogens is 368 g/mol. The first kappa shape index (κ1) is 20.4. The van der Waals surface area contributed by atoms with Gasteiger partial charge in [-0.15, -0.1) is 17.9 Å². The number of carbonyl (C=O) groups is 2. The molecule has 0 spiro atoms. The van der Waals surface area contributed by atoms with Gasteiger partial charge in [-0.1, -0.05) is 12.1 Å². The number of benzene rings is 1. The highest BCUT2D eigenvalue weighted by atomic mass is 32.1. The Kier molecular flexibility index (Phi) is 6.95. The first-order valence-corrected chi connectivity index (χ1v) is 9.08. The third-order valence-corrected chi connectivity index (χ3v) is 5.05. The number of carbonyl (C=O) groups excluding carboxylic acids is 1. The molecule has 0 saturated carbocycles. The first-order valence-electron chi connectivity index (χ1n) is 8.26. The normalized spacial score (nSPS) is 11.5. The predicted octanol–water partition coefficient (Wildman–Crippen LogP) is 3.14. The summed E-state index contributed by atoms with van der Waals surface area (Å²) in [5, 5.41) is 12.4. The number of nitrogens with one attached hydrogen (secondary N) is 1. The number of hydrogen-bond donors (Lipinski definition) is 2. The van der Waals surface area contributed by atoms with Crippen LogP contribution in [0.15, 0.2) is 30.9 Å². The molecule has 7 nitrogen and oxygen atoms in total. The largest absolute Gasteiger partial charge is 0.493 e. The number of thiazole rings is 1. The van der Waals surface area contributed by atoms with Crippen LogP contribution >= 0.6 is 11.3 Å². The van der Waals surface area contributed by atoms with Gasteiger partial charge in [0.25, 0.3) is 5.91 Å². The minimum atomic E-state index is -1.02. The number of ether oxygens (including phenoxy) is 2. The van der Waals surface area contributed by atoms with E-state index in [9.17, 15) is 9.59 Å². The van der Waals surface area contributed by atoms with Gasteiger partial charge in [-0.3, -0.25) is 4.79 Å². The highest BCUT2D eigenvalue weighted by molar-refractivity contribution is 7.13. The number of amides is 1. The van der Waals surface area contributed by atoms with Crippen molar-refractivity contribution in [2.45, 2.75) is 26.3 Å². The Morgan fingerprint density at radius 3 is 2.74 bits per heavy atom. The SMILES string of the molecule is C=CCc1ccc(OCC(=O)NC(C)c2nc(C)c(C(=O)O)s2)c(OC)c1. The van der Waals surface area contributed by atoms with Crippen molar-refractivity contribution in [1.82, 2.24) is 10.3 Å². The molecular formula is C19H22N2O5S. The maximum atomic E-state index is 12.2. The maximum absolute atomic E-state index is 12.2. The van der Waals surface area contributed by atoms with E-state index in [1.165, 1.54) is 7.11 Å². The molecule has 27 heavy (non-hydrogen) atoms. The van der Waals surface area contributed by atoms with Gasteiger partial charge < -0.3 is 19.9 Å². The van der Waals surface area contributed by atoms with E-state index < -0.39 is 12.0 Å².